The van der Waals surface area contributed by atoms with Crippen molar-refractivity contribution in [2.75, 3.05) is 13.1 Å². The number of nitrogens with zero attached hydrogens (tertiary/aromatic N) is 3. The predicted octanol–water partition coefficient (Wildman–Crippen LogP) is 0.351. The van der Waals surface area contributed by atoms with Crippen molar-refractivity contribution in [3.8, 4) is 6.07 Å². The summed E-state index contributed by atoms with van der Waals surface area (Å²) in [7, 11) is 0. The molecule has 0 aromatic carbocycles. The first-order valence-electron chi connectivity index (χ1n) is 5.92. The van der Waals surface area contributed by atoms with Crippen molar-refractivity contribution in [3.63, 3.8) is 0 Å². The van der Waals surface area contributed by atoms with E-state index < -0.39 is 12.0 Å². The zero-order valence-corrected chi connectivity index (χ0v) is 10.8. The molecule has 1 amide bonds. The number of rotatable bonds is 5. The summed E-state index contributed by atoms with van der Waals surface area (Å²) in [6.45, 7) is 4.82. The zero-order valence-electron chi connectivity index (χ0n) is 10.8. The van der Waals surface area contributed by atoms with Gasteiger partial charge in [0.2, 0.25) is 0 Å². The van der Waals surface area contributed by atoms with E-state index in [2.05, 4.69) is 12.6 Å². The van der Waals surface area contributed by atoms with E-state index in [0.29, 0.717) is 12.8 Å². The van der Waals surface area contributed by atoms with Gasteiger partial charge in [0.15, 0.2) is 0 Å². The molecule has 19 heavy (non-hydrogen) atoms. The number of nitriles is 1. The first-order valence-corrected chi connectivity index (χ1v) is 5.92. The number of hydrogen-bond donors (Lipinski definition) is 1. The fraction of sp³-hybridized carbons (Fsp3) is 0.583. The normalized spacial score (nSPS) is 23.2. The summed E-state index contributed by atoms with van der Waals surface area (Å²) in [6, 6.07) is 1.36. The largest absolute Gasteiger partial charge is 0.480 e. The lowest BCUT2D eigenvalue weighted by molar-refractivity contribution is -0.181. The lowest BCUT2D eigenvalue weighted by atomic mass is 9.98. The van der Waals surface area contributed by atoms with E-state index in [9.17, 15) is 9.59 Å². The number of piperidine rings is 1. The SMILES string of the molecule is C=CON(C(C)=O)[C@@H]1CC[C@@H](C#N)N(CC(=O)O)C1. The van der Waals surface area contributed by atoms with Gasteiger partial charge in [-0.2, -0.15) is 10.3 Å². The van der Waals surface area contributed by atoms with Gasteiger partial charge in [-0.25, -0.2) is 0 Å². The lowest BCUT2D eigenvalue weighted by Crippen LogP contribution is -2.53. The number of carbonyl (C=O) groups excluding carboxylic acids is 1. The molecule has 0 aliphatic carbocycles. The minimum atomic E-state index is -1.00. The Morgan fingerprint density at radius 3 is 2.79 bits per heavy atom. The molecule has 2 atom stereocenters. The van der Waals surface area contributed by atoms with Crippen molar-refractivity contribution in [1.82, 2.24) is 9.96 Å². The molecule has 1 fully saturated rings. The van der Waals surface area contributed by atoms with Crippen molar-refractivity contribution in [2.24, 2.45) is 0 Å². The second kappa shape index (κ2) is 6.75. The third-order valence-electron chi connectivity index (χ3n) is 2.98. The van der Waals surface area contributed by atoms with Crippen molar-refractivity contribution in [1.29, 1.82) is 5.26 Å². The Kier molecular flexibility index (Phi) is 5.33. The Morgan fingerprint density at radius 1 is 1.63 bits per heavy atom. The standard InChI is InChI=1S/C12H17N3O4/c1-3-19-15(9(2)16)11-5-4-10(6-13)14(7-11)8-12(17)18/h3,10-11H,1,4-5,7-8H2,2H3,(H,17,18)/t10-,11+/m0/s1. The molecule has 0 unspecified atom stereocenters. The summed E-state index contributed by atoms with van der Waals surface area (Å²) in [5.74, 6) is -1.28. The van der Waals surface area contributed by atoms with Gasteiger partial charge in [0.25, 0.3) is 5.91 Å². The number of likely N-dealkylation sites (tertiary alicyclic amines) is 1. The minimum absolute atomic E-state index is 0.228. The van der Waals surface area contributed by atoms with Gasteiger partial charge in [0, 0.05) is 13.5 Å². The van der Waals surface area contributed by atoms with Crippen LogP contribution >= 0.6 is 0 Å². The monoisotopic (exact) mass is 267 g/mol. The van der Waals surface area contributed by atoms with E-state index >= 15 is 0 Å². The summed E-state index contributed by atoms with van der Waals surface area (Å²) in [4.78, 5) is 28.8. The quantitative estimate of drug-likeness (QED) is 0.570. The maximum atomic E-state index is 11.5. The predicted molar refractivity (Wildman–Crippen MR) is 65.4 cm³/mol. The van der Waals surface area contributed by atoms with Gasteiger partial charge in [-0.15, -0.1) is 0 Å². The first kappa shape index (κ1) is 15.0. The van der Waals surface area contributed by atoms with Crippen LogP contribution in [0.1, 0.15) is 19.8 Å². The maximum Gasteiger partial charge on any atom is 0.317 e. The number of carbonyl (C=O) groups is 2. The highest BCUT2D eigenvalue weighted by atomic mass is 16.7. The van der Waals surface area contributed by atoms with E-state index in [0.717, 1.165) is 6.26 Å². The molecule has 0 spiro atoms. The molecule has 1 saturated heterocycles. The molecular formula is C12H17N3O4. The average molecular weight is 267 g/mol. The fourth-order valence-electron chi connectivity index (χ4n) is 2.21. The molecule has 0 saturated carbocycles. The fourth-order valence-corrected chi connectivity index (χ4v) is 2.21. The van der Waals surface area contributed by atoms with Crippen molar-refractivity contribution < 1.29 is 19.5 Å². The lowest BCUT2D eigenvalue weighted by Gasteiger charge is -2.39. The van der Waals surface area contributed by atoms with Gasteiger partial charge < -0.3 is 9.94 Å². The second-order valence-electron chi connectivity index (χ2n) is 4.32. The van der Waals surface area contributed by atoms with E-state index in [4.69, 9.17) is 15.2 Å². The zero-order chi connectivity index (χ0) is 14.4. The molecule has 0 bridgehead atoms. The maximum absolute atomic E-state index is 11.5. The summed E-state index contributed by atoms with van der Waals surface area (Å²) in [6.07, 6.45) is 2.24. The van der Waals surface area contributed by atoms with Gasteiger partial charge in [-0.05, 0) is 12.8 Å². The Labute approximate surface area is 111 Å². The Bertz CT molecular complexity index is 404. The molecule has 7 heteroatoms. The number of hydroxylamine groups is 2. The van der Waals surface area contributed by atoms with Crippen LogP contribution in [0.2, 0.25) is 0 Å². The number of carboxylic acids is 1. The highest BCUT2D eigenvalue weighted by molar-refractivity contribution is 5.72. The van der Waals surface area contributed by atoms with Crippen LogP contribution in [0.5, 0.6) is 0 Å². The molecule has 1 heterocycles. The molecule has 1 N–H and O–H groups in total. The van der Waals surface area contributed by atoms with Crippen LogP contribution in [0.3, 0.4) is 0 Å². The second-order valence-corrected chi connectivity index (χ2v) is 4.32. The van der Waals surface area contributed by atoms with Crippen molar-refractivity contribution in [2.45, 2.75) is 31.8 Å². The number of aliphatic carboxylic acids is 1. The third-order valence-corrected chi connectivity index (χ3v) is 2.98. The minimum Gasteiger partial charge on any atom is -0.480 e. The van der Waals surface area contributed by atoms with Crippen LogP contribution in [0.25, 0.3) is 0 Å². The van der Waals surface area contributed by atoms with Crippen LogP contribution in [-0.4, -0.2) is 52.1 Å². The van der Waals surface area contributed by atoms with E-state index in [1.807, 2.05) is 0 Å². The molecule has 1 rings (SSSR count). The molecule has 7 nitrogen and oxygen atoms in total. The molecule has 1 aliphatic rings. The van der Waals surface area contributed by atoms with Crippen molar-refractivity contribution in [3.05, 3.63) is 12.8 Å². The number of hydrogen-bond acceptors (Lipinski definition) is 5. The Balaban J connectivity index is 2.77. The molecule has 0 aromatic heterocycles. The van der Waals surface area contributed by atoms with Crippen molar-refractivity contribution >= 4 is 11.9 Å². The molecule has 0 radical (unpaired) electrons. The Hall–Kier alpha value is -2.07. The summed E-state index contributed by atoms with van der Waals surface area (Å²) in [5.41, 5.74) is 0. The first-order chi connectivity index (χ1) is 8.99. The number of amides is 1. The van der Waals surface area contributed by atoms with E-state index in [1.54, 1.807) is 4.90 Å². The summed E-state index contributed by atoms with van der Waals surface area (Å²) in [5, 5.41) is 19.0. The van der Waals surface area contributed by atoms with Crippen LogP contribution in [-0.2, 0) is 14.4 Å². The van der Waals surface area contributed by atoms with Crippen LogP contribution < -0.4 is 0 Å². The highest BCUT2D eigenvalue weighted by Gasteiger charge is 2.34. The van der Waals surface area contributed by atoms with Gasteiger partial charge in [0.1, 0.15) is 6.26 Å². The summed E-state index contributed by atoms with van der Waals surface area (Å²) < 4.78 is 0. The molecule has 104 valence electrons. The molecule has 0 aromatic rings. The highest BCUT2D eigenvalue weighted by Crippen LogP contribution is 2.21. The van der Waals surface area contributed by atoms with Gasteiger partial charge >= 0.3 is 5.97 Å². The average Bonchev–Trinajstić information content (AvgIpc) is 2.34. The Morgan fingerprint density at radius 2 is 2.32 bits per heavy atom. The molecular weight excluding hydrogens is 250 g/mol. The van der Waals surface area contributed by atoms with Gasteiger partial charge in [-0.3, -0.25) is 14.5 Å². The third kappa shape index (κ3) is 3.96. The van der Waals surface area contributed by atoms with Crippen LogP contribution in [0.4, 0.5) is 0 Å². The number of carboxylic acid groups (broad SMARTS) is 1. The van der Waals surface area contributed by atoms with E-state index in [1.165, 1.54) is 12.0 Å². The molecule has 1 aliphatic heterocycles. The smallest absolute Gasteiger partial charge is 0.317 e. The van der Waals surface area contributed by atoms with E-state index in [-0.39, 0.29) is 25.0 Å². The topological polar surface area (TPSA) is 93.9 Å². The van der Waals surface area contributed by atoms with Gasteiger partial charge in [0.05, 0.1) is 24.7 Å². The van der Waals surface area contributed by atoms with Gasteiger partial charge in [-0.1, -0.05) is 6.58 Å². The summed E-state index contributed by atoms with van der Waals surface area (Å²) >= 11 is 0. The van der Waals surface area contributed by atoms with Crippen LogP contribution in [0.15, 0.2) is 12.8 Å². The van der Waals surface area contributed by atoms with Crippen LogP contribution in [0, 0.1) is 11.3 Å².